The van der Waals surface area contributed by atoms with E-state index in [1.165, 1.54) is 0 Å². The van der Waals surface area contributed by atoms with Crippen LogP contribution in [0.1, 0.15) is 18.1 Å². The van der Waals surface area contributed by atoms with Gasteiger partial charge in [-0.2, -0.15) is 0 Å². The SMILES string of the molecule is Cc1ccc(C)c(O[C@H](C)C(=O)N2CCNCC2)c1. The molecule has 0 bridgehead atoms. The van der Waals surface area contributed by atoms with Gasteiger partial charge in [0.15, 0.2) is 6.10 Å². The van der Waals surface area contributed by atoms with Crippen molar-refractivity contribution in [2.75, 3.05) is 26.2 Å². The van der Waals surface area contributed by atoms with Crippen molar-refractivity contribution in [3.63, 3.8) is 0 Å². The number of nitrogens with zero attached hydrogens (tertiary/aromatic N) is 1. The highest BCUT2D eigenvalue weighted by atomic mass is 16.5. The number of aryl methyl sites for hydroxylation is 2. The molecule has 1 atom stereocenters. The number of hydrogen-bond donors (Lipinski definition) is 1. The molecule has 0 aromatic heterocycles. The topological polar surface area (TPSA) is 41.6 Å². The van der Waals surface area contributed by atoms with Crippen molar-refractivity contribution in [2.45, 2.75) is 26.9 Å². The van der Waals surface area contributed by atoms with Gasteiger partial charge in [0, 0.05) is 26.2 Å². The van der Waals surface area contributed by atoms with Crippen molar-refractivity contribution in [1.29, 1.82) is 0 Å². The lowest BCUT2D eigenvalue weighted by molar-refractivity contribution is -0.138. The predicted octanol–water partition coefficient (Wildman–Crippen LogP) is 1.50. The molecule has 1 aromatic carbocycles. The maximum atomic E-state index is 12.3. The lowest BCUT2D eigenvalue weighted by Crippen LogP contribution is -2.50. The van der Waals surface area contributed by atoms with E-state index < -0.39 is 6.10 Å². The number of piperazine rings is 1. The molecule has 104 valence electrons. The van der Waals surface area contributed by atoms with Crippen LogP contribution < -0.4 is 10.1 Å². The Kier molecular flexibility index (Phi) is 4.43. The molecule has 19 heavy (non-hydrogen) atoms. The summed E-state index contributed by atoms with van der Waals surface area (Å²) in [4.78, 5) is 14.1. The van der Waals surface area contributed by atoms with Crippen molar-refractivity contribution in [2.24, 2.45) is 0 Å². The molecule has 0 spiro atoms. The van der Waals surface area contributed by atoms with Gasteiger partial charge < -0.3 is 15.0 Å². The van der Waals surface area contributed by atoms with E-state index in [-0.39, 0.29) is 5.91 Å². The fourth-order valence-corrected chi connectivity index (χ4v) is 2.22. The van der Waals surface area contributed by atoms with E-state index in [0.717, 1.165) is 43.1 Å². The molecule has 1 saturated heterocycles. The maximum Gasteiger partial charge on any atom is 0.263 e. The van der Waals surface area contributed by atoms with E-state index in [0.29, 0.717) is 0 Å². The van der Waals surface area contributed by atoms with Crippen LogP contribution in [0.2, 0.25) is 0 Å². The van der Waals surface area contributed by atoms with Gasteiger partial charge in [-0.3, -0.25) is 4.79 Å². The quantitative estimate of drug-likeness (QED) is 0.897. The van der Waals surface area contributed by atoms with Crippen LogP contribution in [0.3, 0.4) is 0 Å². The lowest BCUT2D eigenvalue weighted by Gasteiger charge is -2.30. The molecule has 0 aliphatic carbocycles. The summed E-state index contributed by atoms with van der Waals surface area (Å²) in [6.07, 6.45) is -0.432. The Hall–Kier alpha value is -1.55. The van der Waals surface area contributed by atoms with Crippen LogP contribution in [0.15, 0.2) is 18.2 Å². The van der Waals surface area contributed by atoms with Crippen LogP contribution in [-0.4, -0.2) is 43.1 Å². The standard InChI is InChI=1S/C15H22N2O2/c1-11-4-5-12(2)14(10-11)19-13(3)15(18)17-8-6-16-7-9-17/h4-5,10,13,16H,6-9H2,1-3H3/t13-/m1/s1. The van der Waals surface area contributed by atoms with Crippen LogP contribution in [-0.2, 0) is 4.79 Å². The van der Waals surface area contributed by atoms with E-state index in [1.54, 1.807) is 0 Å². The summed E-state index contributed by atoms with van der Waals surface area (Å²) in [5, 5.41) is 3.24. The summed E-state index contributed by atoms with van der Waals surface area (Å²) in [6.45, 7) is 9.10. The minimum atomic E-state index is -0.432. The van der Waals surface area contributed by atoms with E-state index >= 15 is 0 Å². The summed E-state index contributed by atoms with van der Waals surface area (Å²) in [7, 11) is 0. The van der Waals surface area contributed by atoms with E-state index in [9.17, 15) is 4.79 Å². The van der Waals surface area contributed by atoms with Crippen molar-refractivity contribution in [1.82, 2.24) is 10.2 Å². The van der Waals surface area contributed by atoms with E-state index in [2.05, 4.69) is 5.32 Å². The van der Waals surface area contributed by atoms with Gasteiger partial charge in [0.1, 0.15) is 5.75 Å². The highest BCUT2D eigenvalue weighted by Crippen LogP contribution is 2.21. The molecule has 1 heterocycles. The third-order valence-electron chi connectivity index (χ3n) is 3.42. The second-order valence-electron chi connectivity index (χ2n) is 5.10. The average Bonchev–Trinajstić information content (AvgIpc) is 2.43. The van der Waals surface area contributed by atoms with Gasteiger partial charge in [0.25, 0.3) is 5.91 Å². The Balaban J connectivity index is 2.01. The third-order valence-corrected chi connectivity index (χ3v) is 3.42. The Bertz CT molecular complexity index is 453. The van der Waals surface area contributed by atoms with Crippen molar-refractivity contribution < 1.29 is 9.53 Å². The van der Waals surface area contributed by atoms with E-state index in [1.807, 2.05) is 43.9 Å². The predicted molar refractivity (Wildman–Crippen MR) is 75.5 cm³/mol. The molecule has 1 aliphatic rings. The number of hydrogen-bond acceptors (Lipinski definition) is 3. The summed E-state index contributed by atoms with van der Waals surface area (Å²) in [5.41, 5.74) is 2.20. The zero-order valence-corrected chi connectivity index (χ0v) is 11.9. The van der Waals surface area contributed by atoms with Gasteiger partial charge in [0.2, 0.25) is 0 Å². The van der Waals surface area contributed by atoms with Crippen molar-refractivity contribution in [3.8, 4) is 5.75 Å². The van der Waals surface area contributed by atoms with Crippen molar-refractivity contribution in [3.05, 3.63) is 29.3 Å². The Morgan fingerprint density at radius 2 is 2.00 bits per heavy atom. The zero-order valence-electron chi connectivity index (χ0n) is 11.9. The Labute approximate surface area is 114 Å². The normalized spacial score (nSPS) is 17.1. The molecular formula is C15H22N2O2. The van der Waals surface area contributed by atoms with Crippen LogP contribution >= 0.6 is 0 Å². The van der Waals surface area contributed by atoms with Gasteiger partial charge in [-0.15, -0.1) is 0 Å². The summed E-state index contributed by atoms with van der Waals surface area (Å²) < 4.78 is 5.83. The number of benzene rings is 1. The third kappa shape index (κ3) is 3.47. The largest absolute Gasteiger partial charge is 0.481 e. The number of ether oxygens (including phenoxy) is 1. The molecular weight excluding hydrogens is 240 g/mol. The number of rotatable bonds is 3. The molecule has 1 amide bonds. The molecule has 1 N–H and O–H groups in total. The Morgan fingerprint density at radius 1 is 1.32 bits per heavy atom. The highest BCUT2D eigenvalue weighted by Gasteiger charge is 2.23. The highest BCUT2D eigenvalue weighted by molar-refractivity contribution is 5.81. The summed E-state index contributed by atoms with van der Waals surface area (Å²) in [6, 6.07) is 6.05. The Morgan fingerprint density at radius 3 is 2.68 bits per heavy atom. The van der Waals surface area contributed by atoms with Gasteiger partial charge >= 0.3 is 0 Å². The fourth-order valence-electron chi connectivity index (χ4n) is 2.22. The van der Waals surface area contributed by atoms with Gasteiger partial charge in [-0.1, -0.05) is 12.1 Å². The van der Waals surface area contributed by atoms with Crippen LogP contribution in [0.4, 0.5) is 0 Å². The minimum Gasteiger partial charge on any atom is -0.481 e. The molecule has 4 heteroatoms. The number of carbonyl (C=O) groups excluding carboxylic acids is 1. The monoisotopic (exact) mass is 262 g/mol. The van der Waals surface area contributed by atoms with Crippen LogP contribution in [0, 0.1) is 13.8 Å². The van der Waals surface area contributed by atoms with Crippen molar-refractivity contribution >= 4 is 5.91 Å². The lowest BCUT2D eigenvalue weighted by atomic mass is 10.1. The van der Waals surface area contributed by atoms with Crippen LogP contribution in [0.25, 0.3) is 0 Å². The molecule has 0 saturated carbocycles. The molecule has 1 aromatic rings. The first kappa shape index (κ1) is 13.9. The second kappa shape index (κ2) is 6.06. The van der Waals surface area contributed by atoms with Crippen LogP contribution in [0.5, 0.6) is 5.75 Å². The summed E-state index contributed by atoms with van der Waals surface area (Å²) in [5.74, 6) is 0.874. The first-order valence-corrected chi connectivity index (χ1v) is 6.81. The average molecular weight is 262 g/mol. The van der Waals surface area contributed by atoms with Gasteiger partial charge in [-0.05, 0) is 38.0 Å². The molecule has 1 fully saturated rings. The zero-order chi connectivity index (χ0) is 13.8. The first-order valence-electron chi connectivity index (χ1n) is 6.81. The first-order chi connectivity index (χ1) is 9.08. The van der Waals surface area contributed by atoms with Gasteiger partial charge in [-0.25, -0.2) is 0 Å². The van der Waals surface area contributed by atoms with Gasteiger partial charge in [0.05, 0.1) is 0 Å². The number of carbonyl (C=O) groups is 1. The smallest absolute Gasteiger partial charge is 0.263 e. The molecule has 1 aliphatic heterocycles. The fraction of sp³-hybridized carbons (Fsp3) is 0.533. The minimum absolute atomic E-state index is 0.0717. The molecule has 0 unspecified atom stereocenters. The summed E-state index contributed by atoms with van der Waals surface area (Å²) >= 11 is 0. The molecule has 2 rings (SSSR count). The maximum absolute atomic E-state index is 12.3. The molecule has 0 radical (unpaired) electrons. The number of nitrogens with one attached hydrogen (secondary N) is 1. The number of amides is 1. The molecule has 4 nitrogen and oxygen atoms in total. The second-order valence-corrected chi connectivity index (χ2v) is 5.10. The van der Waals surface area contributed by atoms with E-state index in [4.69, 9.17) is 4.74 Å².